The van der Waals surface area contributed by atoms with Crippen molar-refractivity contribution in [3.63, 3.8) is 0 Å². The molecule has 1 heterocycles. The molecular formula is C18H17N3O3. The molecule has 3 rings (SSSR count). The first kappa shape index (κ1) is 15.7. The Kier molecular flexibility index (Phi) is 4.29. The van der Waals surface area contributed by atoms with E-state index in [4.69, 9.17) is 9.15 Å². The highest BCUT2D eigenvalue weighted by molar-refractivity contribution is 6.01. The quantitative estimate of drug-likeness (QED) is 0.793. The molecule has 1 N–H and O–H groups in total. The highest BCUT2D eigenvalue weighted by atomic mass is 16.5. The zero-order valence-electron chi connectivity index (χ0n) is 13.7. The van der Waals surface area contributed by atoms with E-state index in [9.17, 15) is 4.79 Å². The first-order valence-corrected chi connectivity index (χ1v) is 7.44. The molecule has 6 nitrogen and oxygen atoms in total. The molecule has 0 fully saturated rings. The van der Waals surface area contributed by atoms with Crippen LogP contribution < -0.4 is 10.1 Å². The lowest BCUT2D eigenvalue weighted by Gasteiger charge is -2.08. The van der Waals surface area contributed by atoms with Gasteiger partial charge in [0, 0.05) is 11.3 Å². The average Bonchev–Trinajstić information content (AvgIpc) is 3.09. The van der Waals surface area contributed by atoms with Crippen LogP contribution in [0.4, 0.5) is 5.69 Å². The molecule has 0 aliphatic heterocycles. The summed E-state index contributed by atoms with van der Waals surface area (Å²) in [7, 11) is 1.58. The number of amides is 1. The smallest absolute Gasteiger partial charge is 0.313 e. The van der Waals surface area contributed by atoms with E-state index in [1.54, 1.807) is 13.2 Å². The molecule has 24 heavy (non-hydrogen) atoms. The minimum Gasteiger partial charge on any atom is -0.497 e. The van der Waals surface area contributed by atoms with Crippen molar-refractivity contribution < 1.29 is 13.9 Å². The molecule has 2 aromatic carbocycles. The topological polar surface area (TPSA) is 77.2 Å². The fourth-order valence-corrected chi connectivity index (χ4v) is 2.25. The molecular weight excluding hydrogens is 306 g/mol. The van der Waals surface area contributed by atoms with Crippen molar-refractivity contribution >= 4 is 11.6 Å². The maximum atomic E-state index is 12.3. The van der Waals surface area contributed by atoms with E-state index in [0.29, 0.717) is 11.3 Å². The van der Waals surface area contributed by atoms with Gasteiger partial charge >= 0.3 is 11.8 Å². The molecule has 0 saturated carbocycles. The lowest BCUT2D eigenvalue weighted by atomic mass is 10.1. The number of benzene rings is 2. The zero-order valence-corrected chi connectivity index (χ0v) is 13.7. The Bertz CT molecular complexity index is 887. The molecule has 0 bridgehead atoms. The lowest BCUT2D eigenvalue weighted by Crippen LogP contribution is -2.13. The van der Waals surface area contributed by atoms with Crippen LogP contribution in [0.15, 0.2) is 46.9 Å². The monoisotopic (exact) mass is 323 g/mol. The van der Waals surface area contributed by atoms with Crippen molar-refractivity contribution in [2.24, 2.45) is 0 Å². The number of aryl methyl sites for hydroxylation is 1. The van der Waals surface area contributed by atoms with E-state index < -0.39 is 5.91 Å². The third-order valence-electron chi connectivity index (χ3n) is 3.79. The summed E-state index contributed by atoms with van der Waals surface area (Å²) in [5.74, 6) is 0.408. The van der Waals surface area contributed by atoms with Crippen molar-refractivity contribution in [3.8, 4) is 17.2 Å². The minimum atomic E-state index is -0.439. The Balaban J connectivity index is 1.82. The van der Waals surface area contributed by atoms with Gasteiger partial charge in [-0.15, -0.1) is 10.2 Å². The predicted molar refractivity (Wildman–Crippen MR) is 90.2 cm³/mol. The molecule has 0 aliphatic rings. The van der Waals surface area contributed by atoms with E-state index in [0.717, 1.165) is 16.8 Å². The largest absolute Gasteiger partial charge is 0.497 e. The summed E-state index contributed by atoms with van der Waals surface area (Å²) in [6.07, 6.45) is 0. The fraction of sp³-hybridized carbons (Fsp3) is 0.167. The van der Waals surface area contributed by atoms with Gasteiger partial charge in [0.15, 0.2) is 0 Å². The van der Waals surface area contributed by atoms with Crippen LogP contribution in [0.2, 0.25) is 0 Å². The van der Waals surface area contributed by atoms with Crippen LogP contribution in [0, 0.1) is 13.8 Å². The normalized spacial score (nSPS) is 10.5. The fourth-order valence-electron chi connectivity index (χ4n) is 2.25. The number of ether oxygens (including phenoxy) is 1. The summed E-state index contributed by atoms with van der Waals surface area (Å²) in [6, 6.07) is 12.9. The molecule has 3 aromatic rings. The predicted octanol–water partition coefficient (Wildman–Crippen LogP) is 3.61. The number of carbonyl (C=O) groups excluding carboxylic acids is 1. The summed E-state index contributed by atoms with van der Waals surface area (Å²) in [6.45, 7) is 3.93. The van der Waals surface area contributed by atoms with E-state index in [1.165, 1.54) is 0 Å². The molecule has 122 valence electrons. The number of carbonyl (C=O) groups is 1. The van der Waals surface area contributed by atoms with Gasteiger partial charge in [-0.3, -0.25) is 4.79 Å². The highest BCUT2D eigenvalue weighted by Gasteiger charge is 2.17. The summed E-state index contributed by atoms with van der Waals surface area (Å²) >= 11 is 0. The summed E-state index contributed by atoms with van der Waals surface area (Å²) in [5, 5.41) is 10.6. The molecule has 0 atom stereocenters. The maximum absolute atomic E-state index is 12.3. The van der Waals surface area contributed by atoms with Crippen molar-refractivity contribution in [2.45, 2.75) is 13.8 Å². The lowest BCUT2D eigenvalue weighted by molar-refractivity contribution is 0.0990. The Morgan fingerprint density at radius 1 is 1.12 bits per heavy atom. The van der Waals surface area contributed by atoms with Gasteiger partial charge in [-0.05, 0) is 49.2 Å². The van der Waals surface area contributed by atoms with E-state index in [1.807, 2.05) is 50.2 Å². The molecule has 0 unspecified atom stereocenters. The summed E-state index contributed by atoms with van der Waals surface area (Å²) in [4.78, 5) is 12.3. The first-order chi connectivity index (χ1) is 11.6. The third-order valence-corrected chi connectivity index (χ3v) is 3.79. The van der Waals surface area contributed by atoms with Crippen molar-refractivity contribution in [2.75, 3.05) is 12.4 Å². The van der Waals surface area contributed by atoms with Crippen LogP contribution in [0.5, 0.6) is 5.75 Å². The van der Waals surface area contributed by atoms with Gasteiger partial charge < -0.3 is 14.5 Å². The van der Waals surface area contributed by atoms with Gasteiger partial charge in [0.1, 0.15) is 5.75 Å². The van der Waals surface area contributed by atoms with Gasteiger partial charge in [-0.2, -0.15) is 0 Å². The summed E-state index contributed by atoms with van der Waals surface area (Å²) < 4.78 is 10.6. The Morgan fingerprint density at radius 3 is 2.71 bits per heavy atom. The SMILES string of the molecule is COc1cccc(-c2nnc(C(=O)Nc3cccc(C)c3C)o2)c1. The molecule has 0 spiro atoms. The van der Waals surface area contributed by atoms with Gasteiger partial charge in [-0.25, -0.2) is 0 Å². The second-order valence-corrected chi connectivity index (χ2v) is 5.35. The van der Waals surface area contributed by atoms with Crippen LogP contribution in [-0.4, -0.2) is 23.2 Å². The molecule has 6 heteroatoms. The van der Waals surface area contributed by atoms with Crippen LogP contribution >= 0.6 is 0 Å². The van der Waals surface area contributed by atoms with Crippen LogP contribution in [-0.2, 0) is 0 Å². The number of anilines is 1. The highest BCUT2D eigenvalue weighted by Crippen LogP contribution is 2.23. The van der Waals surface area contributed by atoms with Gasteiger partial charge in [0.25, 0.3) is 0 Å². The Morgan fingerprint density at radius 2 is 1.92 bits per heavy atom. The first-order valence-electron chi connectivity index (χ1n) is 7.44. The van der Waals surface area contributed by atoms with Gasteiger partial charge in [0.2, 0.25) is 5.89 Å². The van der Waals surface area contributed by atoms with Crippen molar-refractivity contribution in [3.05, 3.63) is 59.5 Å². The van der Waals surface area contributed by atoms with Crippen molar-refractivity contribution in [1.82, 2.24) is 10.2 Å². The Hall–Kier alpha value is -3.15. The standard InChI is InChI=1S/C18H17N3O3/c1-11-6-4-9-15(12(11)2)19-16(22)18-21-20-17(24-18)13-7-5-8-14(10-13)23-3/h4-10H,1-3H3,(H,19,22). The van der Waals surface area contributed by atoms with Crippen LogP contribution in [0.25, 0.3) is 11.5 Å². The number of nitrogens with one attached hydrogen (secondary N) is 1. The van der Waals surface area contributed by atoms with Crippen LogP contribution in [0.3, 0.4) is 0 Å². The second kappa shape index (κ2) is 6.54. The Labute approximate surface area is 139 Å². The van der Waals surface area contributed by atoms with E-state index >= 15 is 0 Å². The molecule has 1 amide bonds. The zero-order chi connectivity index (χ0) is 17.1. The van der Waals surface area contributed by atoms with Crippen LogP contribution in [0.1, 0.15) is 21.8 Å². The number of nitrogens with zero attached hydrogens (tertiary/aromatic N) is 2. The number of hydrogen-bond acceptors (Lipinski definition) is 5. The van der Waals surface area contributed by atoms with Gasteiger partial charge in [-0.1, -0.05) is 18.2 Å². The van der Waals surface area contributed by atoms with E-state index in [-0.39, 0.29) is 11.8 Å². The molecule has 0 saturated heterocycles. The molecule has 1 aromatic heterocycles. The van der Waals surface area contributed by atoms with Crippen molar-refractivity contribution in [1.29, 1.82) is 0 Å². The number of rotatable bonds is 4. The van der Waals surface area contributed by atoms with Gasteiger partial charge in [0.05, 0.1) is 7.11 Å². The molecule has 0 radical (unpaired) electrons. The average molecular weight is 323 g/mol. The summed E-state index contributed by atoms with van der Waals surface area (Å²) in [5.41, 5.74) is 3.50. The number of methoxy groups -OCH3 is 1. The van der Waals surface area contributed by atoms with E-state index in [2.05, 4.69) is 15.5 Å². The number of aromatic nitrogens is 2. The number of hydrogen-bond donors (Lipinski definition) is 1. The minimum absolute atomic E-state index is 0.0891. The molecule has 0 aliphatic carbocycles. The third kappa shape index (κ3) is 3.12. The second-order valence-electron chi connectivity index (χ2n) is 5.35. The maximum Gasteiger partial charge on any atom is 0.313 e.